The number of carbonyl (C=O) groups excluding carboxylic acids is 1. The van der Waals surface area contributed by atoms with Crippen molar-refractivity contribution < 1.29 is 29.7 Å². The first-order chi connectivity index (χ1) is 11.7. The first-order valence-corrected chi connectivity index (χ1v) is 8.24. The quantitative estimate of drug-likeness (QED) is 0.696. The number of carboxylic acid groups (broad SMARTS) is 2. The van der Waals surface area contributed by atoms with Crippen LogP contribution in [0.4, 0.5) is 0 Å². The third-order valence-electron chi connectivity index (χ3n) is 4.77. The first-order valence-electron chi connectivity index (χ1n) is 7.86. The highest BCUT2D eigenvalue weighted by Gasteiger charge is 2.52. The highest BCUT2D eigenvalue weighted by Crippen LogP contribution is 2.43. The van der Waals surface area contributed by atoms with E-state index in [1.54, 1.807) is 24.3 Å². The van der Waals surface area contributed by atoms with E-state index in [-0.39, 0.29) is 17.9 Å². The number of hydrogen-bond donors (Lipinski definition) is 3. The molecule has 1 aliphatic carbocycles. The van der Waals surface area contributed by atoms with Crippen LogP contribution in [0.1, 0.15) is 31.2 Å². The molecule has 0 radical (unpaired) electrons. The molecule has 136 valence electrons. The number of halogens is 1. The molecule has 7 nitrogen and oxygen atoms in total. The Morgan fingerprint density at radius 3 is 2.56 bits per heavy atom. The number of carboxylic acids is 2. The number of hydrogen-bond acceptors (Lipinski definition) is 5. The molecule has 25 heavy (non-hydrogen) atoms. The van der Waals surface area contributed by atoms with Crippen LogP contribution in [-0.4, -0.2) is 57.1 Å². The van der Waals surface area contributed by atoms with Crippen molar-refractivity contribution in [2.45, 2.75) is 43.4 Å². The van der Waals surface area contributed by atoms with Gasteiger partial charge in [-0.1, -0.05) is 29.8 Å². The fourth-order valence-electron chi connectivity index (χ4n) is 3.51. The van der Waals surface area contributed by atoms with Gasteiger partial charge in [0.2, 0.25) is 0 Å². The molecule has 1 saturated carbocycles. The Kier molecular flexibility index (Phi) is 5.82. The van der Waals surface area contributed by atoms with Crippen molar-refractivity contribution in [3.8, 4) is 0 Å². The third kappa shape index (κ3) is 3.53. The van der Waals surface area contributed by atoms with E-state index < -0.39 is 41.8 Å². The second-order valence-corrected chi connectivity index (χ2v) is 6.58. The largest absolute Gasteiger partial charge is 0.481 e. The van der Waals surface area contributed by atoms with Crippen molar-refractivity contribution in [1.82, 2.24) is 4.90 Å². The van der Waals surface area contributed by atoms with Crippen molar-refractivity contribution in [3.05, 3.63) is 34.9 Å². The molecule has 3 N–H and O–H groups in total. The van der Waals surface area contributed by atoms with Crippen molar-refractivity contribution in [2.75, 3.05) is 7.05 Å². The second-order valence-electron chi connectivity index (χ2n) is 6.18. The van der Waals surface area contributed by atoms with E-state index in [2.05, 4.69) is 0 Å². The van der Waals surface area contributed by atoms with Gasteiger partial charge in [-0.15, -0.1) is 0 Å². The van der Waals surface area contributed by atoms with Gasteiger partial charge in [-0.05, 0) is 37.9 Å². The van der Waals surface area contributed by atoms with E-state index in [0.29, 0.717) is 12.0 Å². The minimum Gasteiger partial charge on any atom is -0.481 e. The highest BCUT2D eigenvalue weighted by molar-refractivity contribution is 6.31. The predicted octanol–water partition coefficient (Wildman–Crippen LogP) is 1.51. The zero-order chi connectivity index (χ0) is 18.8. The lowest BCUT2D eigenvalue weighted by Crippen LogP contribution is -2.61. The number of nitrogens with zero attached hydrogens (tertiary/aromatic N) is 1. The molecule has 0 unspecified atom stereocenters. The number of ketones is 1. The fraction of sp³-hybridized carbons (Fsp3) is 0.471. The molecule has 1 aliphatic rings. The fourth-order valence-corrected chi connectivity index (χ4v) is 3.80. The first kappa shape index (κ1) is 19.4. The maximum atomic E-state index is 13.0. The second kappa shape index (κ2) is 7.51. The van der Waals surface area contributed by atoms with Gasteiger partial charge in [0.15, 0.2) is 5.78 Å². The monoisotopic (exact) mass is 369 g/mol. The lowest BCUT2D eigenvalue weighted by molar-refractivity contribution is -0.159. The van der Waals surface area contributed by atoms with Crippen LogP contribution in [0.3, 0.4) is 0 Å². The van der Waals surface area contributed by atoms with Gasteiger partial charge in [0.05, 0.1) is 6.42 Å². The summed E-state index contributed by atoms with van der Waals surface area (Å²) in [6.45, 7) is 0. The van der Waals surface area contributed by atoms with Gasteiger partial charge in [0, 0.05) is 5.02 Å². The molecule has 0 amide bonds. The molecule has 1 aromatic carbocycles. The van der Waals surface area contributed by atoms with E-state index in [0.717, 1.165) is 0 Å². The third-order valence-corrected chi connectivity index (χ3v) is 5.10. The Balaban J connectivity index is 2.63. The van der Waals surface area contributed by atoms with Crippen LogP contribution in [0.5, 0.6) is 0 Å². The molecule has 0 saturated heterocycles. The summed E-state index contributed by atoms with van der Waals surface area (Å²) in [7, 11) is 1.39. The number of aliphatic carboxylic acids is 2. The molecule has 0 aromatic heterocycles. The van der Waals surface area contributed by atoms with E-state index >= 15 is 0 Å². The summed E-state index contributed by atoms with van der Waals surface area (Å²) in [5.41, 5.74) is -1.12. The van der Waals surface area contributed by atoms with Gasteiger partial charge in [-0.2, -0.15) is 0 Å². The standard InChI is InChI=1S/C17H20ClNO6/c1-19(12(16(24)25)9-14(21)22)17(8-4-7-13(20)15(17)23)10-5-2-3-6-11(10)18/h2-3,5-6,12-13,20H,4,7-9H2,1H3,(H,21,22)(H,24,25)/t12-,13+,17-/m0/s1. The number of benzene rings is 1. The van der Waals surface area contributed by atoms with Crippen LogP contribution in [0.15, 0.2) is 24.3 Å². The van der Waals surface area contributed by atoms with E-state index in [9.17, 15) is 24.6 Å². The van der Waals surface area contributed by atoms with Crippen LogP contribution in [-0.2, 0) is 19.9 Å². The van der Waals surface area contributed by atoms with E-state index in [1.807, 2.05) is 0 Å². The molecular weight excluding hydrogens is 350 g/mol. The highest BCUT2D eigenvalue weighted by atomic mass is 35.5. The number of aliphatic hydroxyl groups is 1. The molecular formula is C17H20ClNO6. The van der Waals surface area contributed by atoms with Crippen LogP contribution in [0, 0.1) is 0 Å². The van der Waals surface area contributed by atoms with Gasteiger partial charge in [-0.3, -0.25) is 19.3 Å². The molecule has 1 aromatic rings. The summed E-state index contributed by atoms with van der Waals surface area (Å²) in [6, 6.07) is 5.08. The van der Waals surface area contributed by atoms with Gasteiger partial charge < -0.3 is 15.3 Å². The Bertz CT molecular complexity index is 693. The maximum Gasteiger partial charge on any atom is 0.321 e. The topological polar surface area (TPSA) is 115 Å². The average molecular weight is 370 g/mol. The van der Waals surface area contributed by atoms with Crippen LogP contribution in [0.25, 0.3) is 0 Å². The molecule has 3 atom stereocenters. The number of carbonyl (C=O) groups is 3. The number of Topliss-reactive ketones (excluding diaryl/α,β-unsaturated/α-hetero) is 1. The number of rotatable bonds is 6. The summed E-state index contributed by atoms with van der Waals surface area (Å²) in [5, 5.41) is 28.9. The number of aliphatic hydroxyl groups excluding tert-OH is 1. The molecule has 0 spiro atoms. The van der Waals surface area contributed by atoms with E-state index in [4.69, 9.17) is 16.7 Å². The van der Waals surface area contributed by atoms with Gasteiger partial charge in [0.1, 0.15) is 17.7 Å². The van der Waals surface area contributed by atoms with Crippen LogP contribution in [0.2, 0.25) is 5.02 Å². The maximum absolute atomic E-state index is 13.0. The Hall–Kier alpha value is -1.96. The SMILES string of the molecule is CN([C@@H](CC(=O)O)C(=O)O)[C@]1(c2ccccc2Cl)CCC[C@@H](O)C1=O. The molecule has 0 aliphatic heterocycles. The minimum absolute atomic E-state index is 0.243. The van der Waals surface area contributed by atoms with Crippen molar-refractivity contribution in [1.29, 1.82) is 0 Å². The van der Waals surface area contributed by atoms with E-state index in [1.165, 1.54) is 11.9 Å². The normalized spacial score (nSPS) is 25.0. The molecule has 8 heteroatoms. The van der Waals surface area contributed by atoms with Crippen molar-refractivity contribution in [2.24, 2.45) is 0 Å². The Labute approximate surface area is 149 Å². The van der Waals surface area contributed by atoms with Gasteiger partial charge in [0.25, 0.3) is 0 Å². The van der Waals surface area contributed by atoms with Crippen molar-refractivity contribution >= 4 is 29.3 Å². The van der Waals surface area contributed by atoms with Crippen molar-refractivity contribution in [3.63, 3.8) is 0 Å². The smallest absolute Gasteiger partial charge is 0.321 e. The molecule has 1 fully saturated rings. The average Bonchev–Trinajstić information content (AvgIpc) is 2.55. The summed E-state index contributed by atoms with van der Waals surface area (Å²) in [6.07, 6.45) is -0.947. The summed E-state index contributed by atoms with van der Waals surface area (Å²) < 4.78 is 0. The molecule has 0 bridgehead atoms. The van der Waals surface area contributed by atoms with Crippen LogP contribution >= 0.6 is 11.6 Å². The lowest BCUT2D eigenvalue weighted by Gasteiger charge is -2.47. The summed E-state index contributed by atoms with van der Waals surface area (Å²) >= 11 is 6.27. The predicted molar refractivity (Wildman–Crippen MR) is 89.4 cm³/mol. The zero-order valence-electron chi connectivity index (χ0n) is 13.7. The Morgan fingerprint density at radius 2 is 2.00 bits per heavy atom. The van der Waals surface area contributed by atoms with Crippen LogP contribution < -0.4 is 0 Å². The van der Waals surface area contributed by atoms with Gasteiger partial charge >= 0.3 is 11.9 Å². The molecule has 0 heterocycles. The van der Waals surface area contributed by atoms with Gasteiger partial charge in [-0.25, -0.2) is 0 Å². The lowest BCUT2D eigenvalue weighted by atomic mass is 9.72. The Morgan fingerprint density at radius 1 is 1.36 bits per heavy atom. The number of likely N-dealkylation sites (N-methyl/N-ethyl adjacent to an activating group) is 1. The molecule has 2 rings (SSSR count). The summed E-state index contributed by atoms with van der Waals surface area (Å²) in [4.78, 5) is 37.0. The minimum atomic E-state index is -1.49. The zero-order valence-corrected chi connectivity index (χ0v) is 14.4. The summed E-state index contributed by atoms with van der Waals surface area (Å²) in [5.74, 6) is -3.22.